The molecule has 1 aromatic carbocycles. The molecule has 0 unspecified atom stereocenters. The van der Waals surface area contributed by atoms with E-state index in [0.29, 0.717) is 64.3 Å². The van der Waals surface area contributed by atoms with Crippen LogP contribution >= 0.6 is 0 Å². The average molecular weight is 511 g/mol. The second kappa shape index (κ2) is 10.7. The quantitative estimate of drug-likeness (QED) is 0.537. The fourth-order valence-corrected chi connectivity index (χ4v) is 5.17. The number of benzene rings is 1. The van der Waals surface area contributed by atoms with Crippen molar-refractivity contribution in [1.29, 1.82) is 0 Å². The summed E-state index contributed by atoms with van der Waals surface area (Å²) in [6.07, 6.45) is 2.79. The van der Waals surface area contributed by atoms with Crippen molar-refractivity contribution in [3.05, 3.63) is 40.7 Å². The highest BCUT2D eigenvalue weighted by molar-refractivity contribution is 5.97. The molecule has 0 radical (unpaired) electrons. The first-order valence-corrected chi connectivity index (χ1v) is 13.1. The molecule has 1 aromatic heterocycles. The van der Waals surface area contributed by atoms with Gasteiger partial charge in [-0.1, -0.05) is 13.0 Å². The van der Waals surface area contributed by atoms with E-state index in [0.717, 1.165) is 25.7 Å². The van der Waals surface area contributed by atoms with Crippen molar-refractivity contribution >= 4 is 11.9 Å². The fourth-order valence-electron chi connectivity index (χ4n) is 5.17. The number of rotatable bonds is 6. The highest BCUT2D eigenvalue weighted by atomic mass is 16.6. The summed E-state index contributed by atoms with van der Waals surface area (Å²) >= 11 is 0. The summed E-state index contributed by atoms with van der Waals surface area (Å²) in [7, 11) is 0. The predicted octanol–water partition coefficient (Wildman–Crippen LogP) is 5.39. The first-order chi connectivity index (χ1) is 17.4. The highest BCUT2D eigenvalue weighted by Gasteiger charge is 2.34. The molecular formula is C29H38N2O6. The largest absolute Gasteiger partial charge is 0.486 e. The molecule has 8 nitrogen and oxygen atoms in total. The molecule has 200 valence electrons. The van der Waals surface area contributed by atoms with Gasteiger partial charge in [0.25, 0.3) is 5.91 Å². The maximum Gasteiger partial charge on any atom is 0.337 e. The van der Waals surface area contributed by atoms with Gasteiger partial charge in [0.1, 0.15) is 18.9 Å². The molecule has 8 heteroatoms. The lowest BCUT2D eigenvalue weighted by atomic mass is 9.87. The maximum absolute atomic E-state index is 13.5. The van der Waals surface area contributed by atoms with Crippen LogP contribution in [0.1, 0.15) is 86.8 Å². The molecule has 2 aromatic rings. The third kappa shape index (κ3) is 6.06. The van der Waals surface area contributed by atoms with Gasteiger partial charge >= 0.3 is 5.97 Å². The Kier molecular flexibility index (Phi) is 7.78. The molecule has 1 atom stereocenters. The Morgan fingerprint density at radius 2 is 1.73 bits per heavy atom. The normalized spacial score (nSPS) is 20.3. The molecule has 2 N–H and O–H groups in total. The molecule has 1 saturated carbocycles. The number of ether oxygens (including phenoxy) is 3. The first kappa shape index (κ1) is 26.9. The lowest BCUT2D eigenvalue weighted by Gasteiger charge is -2.30. The number of amides is 1. The van der Waals surface area contributed by atoms with Gasteiger partial charge in [0.05, 0.1) is 5.60 Å². The van der Waals surface area contributed by atoms with Gasteiger partial charge in [-0.3, -0.25) is 4.79 Å². The molecule has 1 fully saturated rings. The third-order valence-corrected chi connectivity index (χ3v) is 7.02. The minimum absolute atomic E-state index is 0.110. The first-order valence-electron chi connectivity index (χ1n) is 13.1. The number of hydrogen-bond acceptors (Lipinski definition) is 6. The van der Waals surface area contributed by atoms with E-state index in [4.69, 9.17) is 14.2 Å². The number of carboxylic acids is 1. The van der Waals surface area contributed by atoms with Crippen molar-refractivity contribution < 1.29 is 28.9 Å². The van der Waals surface area contributed by atoms with Crippen molar-refractivity contribution in [3.63, 3.8) is 0 Å². The van der Waals surface area contributed by atoms with Crippen molar-refractivity contribution in [3.8, 4) is 22.6 Å². The van der Waals surface area contributed by atoms with Crippen molar-refractivity contribution in [2.45, 2.75) is 85.0 Å². The number of carboxylic acid groups (broad SMARTS) is 1. The van der Waals surface area contributed by atoms with E-state index in [-0.39, 0.29) is 11.9 Å². The predicted molar refractivity (Wildman–Crippen MR) is 140 cm³/mol. The van der Waals surface area contributed by atoms with Crippen LogP contribution in [-0.2, 0) is 9.53 Å². The Labute approximate surface area is 218 Å². The Morgan fingerprint density at radius 1 is 1.08 bits per heavy atom. The van der Waals surface area contributed by atoms with Crippen LogP contribution in [0, 0.1) is 19.8 Å². The monoisotopic (exact) mass is 510 g/mol. The van der Waals surface area contributed by atoms with Crippen LogP contribution in [0.25, 0.3) is 11.1 Å². The summed E-state index contributed by atoms with van der Waals surface area (Å²) in [5.74, 6) is 0.521. The van der Waals surface area contributed by atoms with Gasteiger partial charge in [-0.25, -0.2) is 9.78 Å². The van der Waals surface area contributed by atoms with Gasteiger partial charge in [-0.15, -0.1) is 0 Å². The number of aliphatic carboxylic acids is 1. The molecule has 2 aliphatic rings. The number of nitrogens with one attached hydrogen (secondary N) is 1. The van der Waals surface area contributed by atoms with Gasteiger partial charge in [0, 0.05) is 17.3 Å². The van der Waals surface area contributed by atoms with Gasteiger partial charge in [-0.2, -0.15) is 0 Å². The summed E-state index contributed by atoms with van der Waals surface area (Å²) in [5, 5.41) is 13.4. The second-order valence-corrected chi connectivity index (χ2v) is 11.2. The highest BCUT2D eigenvalue weighted by Crippen LogP contribution is 2.41. The number of hydrogen-bond donors (Lipinski definition) is 2. The zero-order chi connectivity index (χ0) is 26.9. The smallest absolute Gasteiger partial charge is 0.337 e. The van der Waals surface area contributed by atoms with E-state index in [1.165, 1.54) is 0 Å². The number of aryl methyl sites for hydroxylation is 1. The van der Waals surface area contributed by atoms with Crippen LogP contribution in [-0.4, -0.2) is 46.8 Å². The van der Waals surface area contributed by atoms with Gasteiger partial charge in [-0.05, 0) is 95.0 Å². The van der Waals surface area contributed by atoms with Gasteiger partial charge in [0.2, 0.25) is 0 Å². The number of aromatic nitrogens is 1. The zero-order valence-electron chi connectivity index (χ0n) is 22.6. The second-order valence-electron chi connectivity index (χ2n) is 11.2. The van der Waals surface area contributed by atoms with Crippen molar-refractivity contribution in [1.82, 2.24) is 10.3 Å². The summed E-state index contributed by atoms with van der Waals surface area (Å²) in [5.41, 5.74) is 2.37. The Balaban J connectivity index is 1.84. The topological polar surface area (TPSA) is 107 Å². The van der Waals surface area contributed by atoms with Gasteiger partial charge < -0.3 is 24.6 Å². The number of fused-ring (bicyclic) bond motifs is 1. The van der Waals surface area contributed by atoms with Crippen LogP contribution in [0.4, 0.5) is 0 Å². The van der Waals surface area contributed by atoms with Crippen LogP contribution in [0.5, 0.6) is 11.5 Å². The third-order valence-electron chi connectivity index (χ3n) is 7.02. The summed E-state index contributed by atoms with van der Waals surface area (Å²) in [4.78, 5) is 30.6. The van der Waals surface area contributed by atoms with Crippen molar-refractivity contribution in [2.75, 3.05) is 13.2 Å². The zero-order valence-corrected chi connectivity index (χ0v) is 22.6. The minimum Gasteiger partial charge on any atom is -0.486 e. The molecule has 1 amide bonds. The lowest BCUT2D eigenvalue weighted by Crippen LogP contribution is -2.38. The Morgan fingerprint density at radius 3 is 2.35 bits per heavy atom. The van der Waals surface area contributed by atoms with Crippen LogP contribution in [0.2, 0.25) is 0 Å². The van der Waals surface area contributed by atoms with Crippen molar-refractivity contribution in [2.24, 2.45) is 5.92 Å². The van der Waals surface area contributed by atoms with Crippen LogP contribution < -0.4 is 14.8 Å². The van der Waals surface area contributed by atoms with Crippen LogP contribution in [0.15, 0.2) is 18.2 Å². The van der Waals surface area contributed by atoms with E-state index >= 15 is 0 Å². The van der Waals surface area contributed by atoms with Crippen LogP contribution in [0.3, 0.4) is 0 Å². The number of pyridine rings is 1. The molecule has 4 rings (SSSR count). The fraction of sp³-hybridized carbons (Fsp3) is 0.552. The standard InChI is InChI=1S/C29H38N2O6/c1-16-7-10-20(11-8-16)31-27(32)25-17(2)23(19-9-12-21-22(15-19)36-14-13-35-21)24(18(3)30-25)26(28(33)34)37-29(4,5)6/h9,12,15-16,20,26H,7-8,10-11,13-14H2,1-6H3,(H,31,32)(H,33,34)/t16?,20?,26-/m0/s1. The molecular weight excluding hydrogens is 472 g/mol. The molecule has 0 bridgehead atoms. The number of carbonyl (C=O) groups is 2. The molecule has 37 heavy (non-hydrogen) atoms. The maximum atomic E-state index is 13.5. The Bertz CT molecular complexity index is 1180. The van der Waals surface area contributed by atoms with E-state index in [1.807, 2.05) is 45.9 Å². The van der Waals surface area contributed by atoms with Gasteiger partial charge in [0.15, 0.2) is 17.6 Å². The Hall–Kier alpha value is -3.13. The molecule has 1 aliphatic carbocycles. The summed E-state index contributed by atoms with van der Waals surface area (Å²) < 4.78 is 17.5. The molecule has 1 aliphatic heterocycles. The molecule has 0 saturated heterocycles. The average Bonchev–Trinajstić information content (AvgIpc) is 2.84. The SMILES string of the molecule is Cc1nc(C(=O)NC2CCC(C)CC2)c(C)c(-c2ccc3c(c2)OCCO3)c1[C@H](OC(C)(C)C)C(=O)O. The van der Waals surface area contributed by atoms with E-state index < -0.39 is 17.7 Å². The van der Waals surface area contributed by atoms with E-state index in [2.05, 4.69) is 17.2 Å². The lowest BCUT2D eigenvalue weighted by molar-refractivity contribution is -0.160. The van der Waals surface area contributed by atoms with E-state index in [1.54, 1.807) is 6.92 Å². The summed E-state index contributed by atoms with van der Waals surface area (Å²) in [6, 6.07) is 5.61. The van der Waals surface area contributed by atoms with E-state index in [9.17, 15) is 14.7 Å². The minimum atomic E-state index is -1.27. The molecule has 2 heterocycles. The number of nitrogens with zero attached hydrogens (tertiary/aromatic N) is 1. The number of carbonyl (C=O) groups excluding carboxylic acids is 1. The molecule has 0 spiro atoms. The summed E-state index contributed by atoms with van der Waals surface area (Å²) in [6.45, 7) is 12.1.